The van der Waals surface area contributed by atoms with Gasteiger partial charge in [-0.2, -0.15) is 26.3 Å². The number of hydrogen-bond acceptors (Lipinski definition) is 0. The predicted octanol–water partition coefficient (Wildman–Crippen LogP) is 4.93. The minimum Gasteiger partial charge on any atom is -0.171 e. The van der Waals surface area contributed by atoms with Crippen LogP contribution in [0.1, 0.15) is 36.0 Å². The quantitative estimate of drug-likeness (QED) is 0.674. The number of benzene rings is 1. The number of alkyl halides is 6. The minimum absolute atomic E-state index is 0.117. The normalized spacial score (nSPS) is 23.5. The van der Waals surface area contributed by atoms with E-state index >= 15 is 0 Å². The molecule has 1 aliphatic carbocycles. The van der Waals surface area contributed by atoms with Gasteiger partial charge in [0.05, 0.1) is 11.5 Å². The molecule has 0 amide bonds. The first-order chi connectivity index (χ1) is 8.63. The van der Waals surface area contributed by atoms with Crippen LogP contribution >= 0.6 is 0 Å². The standard InChI is InChI=1S/C13H12F6/c1-2-7-3-8(5-9(4-7)12(14,15)16)10-6-11(10)13(17,18)19/h3-5,10-11H,2,6H2,1H3. The zero-order valence-corrected chi connectivity index (χ0v) is 10.1. The maximum Gasteiger partial charge on any atom is 0.416 e. The van der Waals surface area contributed by atoms with Gasteiger partial charge in [0.25, 0.3) is 0 Å². The van der Waals surface area contributed by atoms with E-state index in [0.29, 0.717) is 12.0 Å². The smallest absolute Gasteiger partial charge is 0.171 e. The Kier molecular flexibility index (Phi) is 3.31. The molecule has 106 valence electrons. The van der Waals surface area contributed by atoms with Crippen LogP contribution in [0.5, 0.6) is 0 Å². The van der Waals surface area contributed by atoms with Gasteiger partial charge in [0.2, 0.25) is 0 Å². The lowest BCUT2D eigenvalue weighted by molar-refractivity contribution is -0.148. The Labute approximate surface area is 106 Å². The first kappa shape index (κ1) is 14.2. The van der Waals surface area contributed by atoms with E-state index in [-0.39, 0.29) is 12.0 Å². The van der Waals surface area contributed by atoms with Crippen LogP contribution in [0.15, 0.2) is 18.2 Å². The van der Waals surface area contributed by atoms with Gasteiger partial charge in [-0.1, -0.05) is 13.0 Å². The Morgan fingerprint density at radius 3 is 2.11 bits per heavy atom. The van der Waals surface area contributed by atoms with Gasteiger partial charge in [-0.3, -0.25) is 0 Å². The molecule has 0 bridgehead atoms. The van der Waals surface area contributed by atoms with E-state index in [1.807, 2.05) is 0 Å². The van der Waals surface area contributed by atoms with Crippen LogP contribution in [0.4, 0.5) is 26.3 Å². The molecule has 2 rings (SSSR count). The summed E-state index contributed by atoms with van der Waals surface area (Å²) in [5.74, 6) is -2.33. The highest BCUT2D eigenvalue weighted by molar-refractivity contribution is 5.37. The second-order valence-corrected chi connectivity index (χ2v) is 4.80. The topological polar surface area (TPSA) is 0 Å². The molecule has 0 aliphatic heterocycles. The summed E-state index contributed by atoms with van der Waals surface area (Å²) in [5.41, 5.74) is -0.304. The second kappa shape index (κ2) is 4.42. The van der Waals surface area contributed by atoms with Gasteiger partial charge in [0.1, 0.15) is 0 Å². The molecule has 1 aliphatic rings. The summed E-state index contributed by atoms with van der Waals surface area (Å²) in [5, 5.41) is 0. The molecule has 0 N–H and O–H groups in total. The van der Waals surface area contributed by atoms with Crippen molar-refractivity contribution in [1.29, 1.82) is 0 Å². The average molecular weight is 282 g/mol. The van der Waals surface area contributed by atoms with Crippen LogP contribution in [0.3, 0.4) is 0 Å². The van der Waals surface area contributed by atoms with Gasteiger partial charge >= 0.3 is 12.4 Å². The van der Waals surface area contributed by atoms with E-state index in [0.717, 1.165) is 12.1 Å². The fourth-order valence-corrected chi connectivity index (χ4v) is 2.23. The first-order valence-electron chi connectivity index (χ1n) is 5.90. The molecule has 0 aromatic heterocycles. The Hall–Kier alpha value is -1.20. The summed E-state index contributed by atoms with van der Waals surface area (Å²) in [6.45, 7) is 1.67. The monoisotopic (exact) mass is 282 g/mol. The molecule has 0 saturated heterocycles. The molecule has 2 atom stereocenters. The fourth-order valence-electron chi connectivity index (χ4n) is 2.23. The number of rotatable bonds is 2. The third-order valence-electron chi connectivity index (χ3n) is 3.39. The van der Waals surface area contributed by atoms with E-state index in [1.165, 1.54) is 6.07 Å². The van der Waals surface area contributed by atoms with Crippen molar-refractivity contribution in [2.45, 2.75) is 38.0 Å². The molecule has 6 heteroatoms. The zero-order valence-electron chi connectivity index (χ0n) is 10.1. The summed E-state index contributed by atoms with van der Waals surface area (Å²) in [6, 6.07) is 3.29. The maximum atomic E-state index is 12.7. The Morgan fingerprint density at radius 1 is 1.05 bits per heavy atom. The van der Waals surface area contributed by atoms with Crippen LogP contribution in [0, 0.1) is 5.92 Å². The van der Waals surface area contributed by atoms with Crippen LogP contribution in [-0.4, -0.2) is 6.18 Å². The first-order valence-corrected chi connectivity index (χ1v) is 5.90. The summed E-state index contributed by atoms with van der Waals surface area (Å²) in [6.07, 6.45) is -8.61. The Morgan fingerprint density at radius 2 is 1.68 bits per heavy atom. The Bertz CT molecular complexity index is 471. The summed E-state index contributed by atoms with van der Waals surface area (Å²) in [7, 11) is 0. The molecular formula is C13H12F6. The molecule has 0 spiro atoms. The lowest BCUT2D eigenvalue weighted by Crippen LogP contribution is -2.12. The largest absolute Gasteiger partial charge is 0.416 e. The third kappa shape index (κ3) is 3.04. The lowest BCUT2D eigenvalue weighted by atomic mass is 10.00. The molecule has 1 aromatic rings. The highest BCUT2D eigenvalue weighted by Crippen LogP contribution is 2.56. The van der Waals surface area contributed by atoms with Gasteiger partial charge in [-0.25, -0.2) is 0 Å². The highest BCUT2D eigenvalue weighted by atomic mass is 19.4. The van der Waals surface area contributed by atoms with E-state index in [9.17, 15) is 26.3 Å². The highest BCUT2D eigenvalue weighted by Gasteiger charge is 2.56. The van der Waals surface area contributed by atoms with Crippen LogP contribution in [0.2, 0.25) is 0 Å². The second-order valence-electron chi connectivity index (χ2n) is 4.80. The molecule has 1 saturated carbocycles. The van der Waals surface area contributed by atoms with Crippen molar-refractivity contribution in [3.63, 3.8) is 0 Å². The van der Waals surface area contributed by atoms with E-state index < -0.39 is 29.8 Å². The number of hydrogen-bond donors (Lipinski definition) is 0. The van der Waals surface area contributed by atoms with E-state index in [2.05, 4.69) is 0 Å². The third-order valence-corrected chi connectivity index (χ3v) is 3.39. The molecule has 0 heterocycles. The van der Waals surface area contributed by atoms with Crippen molar-refractivity contribution in [1.82, 2.24) is 0 Å². The average Bonchev–Trinajstić information content (AvgIpc) is 3.06. The summed E-state index contributed by atoms with van der Waals surface area (Å²) >= 11 is 0. The lowest BCUT2D eigenvalue weighted by Gasteiger charge is -2.12. The zero-order chi connectivity index (χ0) is 14.4. The summed E-state index contributed by atoms with van der Waals surface area (Å²) < 4.78 is 75.4. The van der Waals surface area contributed by atoms with Gasteiger partial charge in [-0.05, 0) is 42.0 Å². The van der Waals surface area contributed by atoms with Gasteiger partial charge in [0.15, 0.2) is 0 Å². The van der Waals surface area contributed by atoms with Crippen molar-refractivity contribution in [2.75, 3.05) is 0 Å². The summed E-state index contributed by atoms with van der Waals surface area (Å²) in [4.78, 5) is 0. The molecule has 0 nitrogen and oxygen atoms in total. The van der Waals surface area contributed by atoms with Crippen LogP contribution in [-0.2, 0) is 12.6 Å². The van der Waals surface area contributed by atoms with E-state index in [1.54, 1.807) is 6.92 Å². The molecule has 1 fully saturated rings. The number of halogens is 6. The molecule has 2 unspecified atom stereocenters. The molecule has 0 radical (unpaired) electrons. The molecular weight excluding hydrogens is 270 g/mol. The number of aryl methyl sites for hydroxylation is 1. The van der Waals surface area contributed by atoms with Crippen LogP contribution < -0.4 is 0 Å². The minimum atomic E-state index is -4.53. The van der Waals surface area contributed by atoms with Crippen molar-refractivity contribution in [3.8, 4) is 0 Å². The fraction of sp³-hybridized carbons (Fsp3) is 0.538. The molecule has 19 heavy (non-hydrogen) atoms. The molecule has 1 aromatic carbocycles. The SMILES string of the molecule is CCc1cc(C2CC2C(F)(F)F)cc(C(F)(F)F)c1. The van der Waals surface area contributed by atoms with Gasteiger partial charge in [0, 0.05) is 0 Å². The van der Waals surface area contributed by atoms with Crippen molar-refractivity contribution in [2.24, 2.45) is 5.92 Å². The van der Waals surface area contributed by atoms with Crippen LogP contribution in [0.25, 0.3) is 0 Å². The van der Waals surface area contributed by atoms with Gasteiger partial charge in [-0.15, -0.1) is 0 Å². The maximum absolute atomic E-state index is 12.7. The predicted molar refractivity (Wildman–Crippen MR) is 57.7 cm³/mol. The van der Waals surface area contributed by atoms with Crippen molar-refractivity contribution < 1.29 is 26.3 Å². The van der Waals surface area contributed by atoms with Crippen molar-refractivity contribution in [3.05, 3.63) is 34.9 Å². The van der Waals surface area contributed by atoms with Crippen molar-refractivity contribution >= 4 is 0 Å². The Balaban J connectivity index is 2.32. The van der Waals surface area contributed by atoms with E-state index in [4.69, 9.17) is 0 Å². The van der Waals surface area contributed by atoms with Gasteiger partial charge < -0.3 is 0 Å².